The predicted octanol–water partition coefficient (Wildman–Crippen LogP) is 4.00. The Morgan fingerprint density at radius 3 is 2.45 bits per heavy atom. The number of nitrogens with one attached hydrogen (secondary N) is 1. The third-order valence-corrected chi connectivity index (χ3v) is 3.86. The van der Waals surface area contributed by atoms with Crippen LogP contribution in [0.3, 0.4) is 0 Å². The third kappa shape index (κ3) is 5.04. The number of carbonyl (C=O) groups excluding carboxylic acids is 1. The maximum absolute atomic E-state index is 12.1. The minimum atomic E-state index is -0.449. The summed E-state index contributed by atoms with van der Waals surface area (Å²) in [5, 5.41) is 2.78. The quantitative estimate of drug-likeness (QED) is 0.610. The second-order valence-corrected chi connectivity index (χ2v) is 6.17. The highest BCUT2D eigenvalue weighted by Crippen LogP contribution is 2.17. The number of hydrogen-bond acceptors (Lipinski definition) is 2. The van der Waals surface area contributed by atoms with Crippen molar-refractivity contribution in [1.29, 1.82) is 0 Å². The number of amides is 1. The van der Waals surface area contributed by atoms with Crippen molar-refractivity contribution >= 4 is 17.5 Å². The molecule has 1 amide bonds. The molecule has 112 valence electrons. The molecule has 1 unspecified atom stereocenters. The largest absolute Gasteiger partial charge is 0.494 e. The van der Waals surface area contributed by atoms with Crippen molar-refractivity contribution in [3.8, 4) is 5.75 Å². The van der Waals surface area contributed by atoms with Gasteiger partial charge < -0.3 is 10.1 Å². The number of halogens is 1. The van der Waals surface area contributed by atoms with E-state index in [2.05, 4.69) is 12.2 Å². The zero-order chi connectivity index (χ0) is 15.2. The highest BCUT2D eigenvalue weighted by atomic mass is 35.5. The van der Waals surface area contributed by atoms with E-state index in [4.69, 9.17) is 16.3 Å². The maximum atomic E-state index is 12.1. The van der Waals surface area contributed by atoms with Gasteiger partial charge in [0, 0.05) is 5.56 Å². The molecule has 0 saturated heterocycles. The lowest BCUT2D eigenvalue weighted by atomic mass is 10.0. The Balaban J connectivity index is 2.62. The Morgan fingerprint density at radius 2 is 1.95 bits per heavy atom. The molecular weight excluding hydrogens is 274 g/mol. The smallest absolute Gasteiger partial charge is 0.251 e. The number of rotatable bonds is 7. The van der Waals surface area contributed by atoms with Crippen molar-refractivity contribution in [3.05, 3.63) is 29.8 Å². The second-order valence-electron chi connectivity index (χ2n) is 5.52. The van der Waals surface area contributed by atoms with Crippen molar-refractivity contribution < 1.29 is 9.53 Å². The van der Waals surface area contributed by atoms with E-state index < -0.39 is 5.54 Å². The average molecular weight is 298 g/mol. The molecule has 0 bridgehead atoms. The minimum absolute atomic E-state index is 0.123. The first-order valence-corrected chi connectivity index (χ1v) is 7.50. The van der Waals surface area contributed by atoms with Gasteiger partial charge in [-0.15, -0.1) is 11.6 Å². The van der Waals surface area contributed by atoms with Crippen LogP contribution in [0.15, 0.2) is 24.3 Å². The summed E-state index contributed by atoms with van der Waals surface area (Å²) in [6.45, 7) is 8.51. The number of ether oxygens (including phenoxy) is 1. The fourth-order valence-corrected chi connectivity index (χ4v) is 1.56. The first-order valence-electron chi connectivity index (χ1n) is 7.06. The van der Waals surface area contributed by atoms with E-state index in [-0.39, 0.29) is 11.3 Å². The molecule has 0 aromatic heterocycles. The molecule has 1 atom stereocenters. The van der Waals surface area contributed by atoms with Gasteiger partial charge in [-0.1, -0.05) is 13.3 Å². The highest BCUT2D eigenvalue weighted by molar-refractivity contribution is 6.21. The second kappa shape index (κ2) is 7.53. The molecule has 1 rings (SSSR count). The van der Waals surface area contributed by atoms with Crippen LogP contribution in [-0.2, 0) is 0 Å². The SMILES string of the molecule is CCCCOc1ccc(C(=O)NC(C)(C)C(C)Cl)cc1. The minimum Gasteiger partial charge on any atom is -0.494 e. The van der Waals surface area contributed by atoms with Gasteiger partial charge in [-0.3, -0.25) is 4.79 Å². The number of benzene rings is 1. The predicted molar refractivity (Wildman–Crippen MR) is 83.7 cm³/mol. The van der Waals surface area contributed by atoms with Crippen LogP contribution in [0.1, 0.15) is 50.9 Å². The molecule has 0 radical (unpaired) electrons. The molecule has 1 aromatic carbocycles. The van der Waals surface area contributed by atoms with Crippen LogP contribution in [0, 0.1) is 0 Å². The van der Waals surface area contributed by atoms with Crippen LogP contribution in [0.5, 0.6) is 5.75 Å². The van der Waals surface area contributed by atoms with Gasteiger partial charge in [0.2, 0.25) is 0 Å². The van der Waals surface area contributed by atoms with E-state index in [1.165, 1.54) is 0 Å². The zero-order valence-electron chi connectivity index (χ0n) is 12.7. The summed E-state index contributed by atoms with van der Waals surface area (Å²) in [6.07, 6.45) is 2.14. The normalized spacial score (nSPS) is 12.8. The Bertz CT molecular complexity index is 427. The molecule has 1 aromatic rings. The molecule has 0 spiro atoms. The van der Waals surface area contributed by atoms with Crippen LogP contribution in [0.25, 0.3) is 0 Å². The first-order chi connectivity index (χ1) is 9.36. The Morgan fingerprint density at radius 1 is 1.35 bits per heavy atom. The molecule has 1 N–H and O–H groups in total. The molecule has 4 heteroatoms. The third-order valence-electron chi connectivity index (χ3n) is 3.31. The summed E-state index contributed by atoms with van der Waals surface area (Å²) in [7, 11) is 0. The van der Waals surface area contributed by atoms with Crippen molar-refractivity contribution in [3.63, 3.8) is 0 Å². The maximum Gasteiger partial charge on any atom is 0.251 e. The monoisotopic (exact) mass is 297 g/mol. The van der Waals surface area contributed by atoms with E-state index in [0.717, 1.165) is 18.6 Å². The Kier molecular flexibility index (Phi) is 6.34. The van der Waals surface area contributed by atoms with Gasteiger partial charge in [0.15, 0.2) is 0 Å². The zero-order valence-corrected chi connectivity index (χ0v) is 13.5. The van der Waals surface area contributed by atoms with Gasteiger partial charge in [-0.05, 0) is 51.5 Å². The molecule has 0 aliphatic rings. The molecule has 20 heavy (non-hydrogen) atoms. The number of unbranched alkanes of at least 4 members (excludes halogenated alkanes) is 1. The van der Waals surface area contributed by atoms with Gasteiger partial charge in [-0.2, -0.15) is 0 Å². The van der Waals surface area contributed by atoms with E-state index in [1.807, 2.05) is 32.9 Å². The fourth-order valence-electron chi connectivity index (χ4n) is 1.50. The Labute approximate surface area is 126 Å². The van der Waals surface area contributed by atoms with Crippen molar-refractivity contribution in [2.75, 3.05) is 6.61 Å². The summed E-state index contributed by atoms with van der Waals surface area (Å²) in [6, 6.07) is 7.18. The fraction of sp³-hybridized carbons (Fsp3) is 0.562. The van der Waals surface area contributed by atoms with Crippen LogP contribution in [0.4, 0.5) is 0 Å². The standard InChI is InChI=1S/C16H24ClNO2/c1-5-6-11-20-14-9-7-13(8-10-14)15(19)18-16(3,4)12(2)17/h7-10,12H,5-6,11H2,1-4H3,(H,18,19). The van der Waals surface area contributed by atoms with E-state index in [0.29, 0.717) is 12.2 Å². The molecular formula is C16H24ClNO2. The molecule has 3 nitrogen and oxygen atoms in total. The van der Waals surface area contributed by atoms with Crippen LogP contribution >= 0.6 is 11.6 Å². The lowest BCUT2D eigenvalue weighted by molar-refractivity contribution is 0.0912. The lowest BCUT2D eigenvalue weighted by Crippen LogP contribution is -2.49. The van der Waals surface area contributed by atoms with Gasteiger partial charge in [0.1, 0.15) is 5.75 Å². The first kappa shape index (κ1) is 16.8. The van der Waals surface area contributed by atoms with E-state index in [9.17, 15) is 4.79 Å². The van der Waals surface area contributed by atoms with Crippen LogP contribution in [-0.4, -0.2) is 23.4 Å². The van der Waals surface area contributed by atoms with Crippen molar-refractivity contribution in [1.82, 2.24) is 5.32 Å². The molecule has 0 fully saturated rings. The van der Waals surface area contributed by atoms with Crippen molar-refractivity contribution in [2.45, 2.75) is 51.5 Å². The van der Waals surface area contributed by atoms with E-state index in [1.54, 1.807) is 12.1 Å². The molecule has 0 aliphatic heterocycles. The Hall–Kier alpha value is -1.22. The average Bonchev–Trinajstić information content (AvgIpc) is 2.39. The van der Waals surface area contributed by atoms with Gasteiger partial charge in [0.25, 0.3) is 5.91 Å². The van der Waals surface area contributed by atoms with E-state index >= 15 is 0 Å². The van der Waals surface area contributed by atoms with Gasteiger partial charge in [0.05, 0.1) is 17.5 Å². The molecule has 0 saturated carbocycles. The van der Waals surface area contributed by atoms with Crippen LogP contribution < -0.4 is 10.1 Å². The summed E-state index contributed by atoms with van der Waals surface area (Å²) in [5.41, 5.74) is 0.160. The number of carbonyl (C=O) groups is 1. The van der Waals surface area contributed by atoms with Crippen LogP contribution in [0.2, 0.25) is 0 Å². The number of hydrogen-bond donors (Lipinski definition) is 1. The summed E-state index contributed by atoms with van der Waals surface area (Å²) in [5.74, 6) is 0.669. The molecule has 0 aliphatic carbocycles. The highest BCUT2D eigenvalue weighted by Gasteiger charge is 2.26. The topological polar surface area (TPSA) is 38.3 Å². The summed E-state index contributed by atoms with van der Waals surface area (Å²) >= 11 is 6.06. The van der Waals surface area contributed by atoms with Gasteiger partial charge >= 0.3 is 0 Å². The summed E-state index contributed by atoms with van der Waals surface area (Å²) < 4.78 is 5.57. The lowest BCUT2D eigenvalue weighted by Gasteiger charge is -2.29. The number of alkyl halides is 1. The summed E-state index contributed by atoms with van der Waals surface area (Å²) in [4.78, 5) is 12.1. The molecule has 0 heterocycles. The van der Waals surface area contributed by atoms with Gasteiger partial charge in [-0.25, -0.2) is 0 Å². The van der Waals surface area contributed by atoms with Crippen molar-refractivity contribution in [2.24, 2.45) is 0 Å².